The van der Waals surface area contributed by atoms with Gasteiger partial charge in [0.1, 0.15) is 0 Å². The number of fused-ring (bicyclic) bond motifs is 1. The van der Waals surface area contributed by atoms with E-state index >= 15 is 0 Å². The molecule has 1 aromatic heterocycles. The van der Waals surface area contributed by atoms with Crippen LogP contribution in [-0.4, -0.2) is 28.3 Å². The lowest BCUT2D eigenvalue weighted by atomic mass is 10.2. The molecule has 23 heavy (non-hydrogen) atoms. The molecule has 1 aliphatic carbocycles. The molecule has 1 heterocycles. The number of nitrogens with two attached hydrogens (primary N) is 1. The van der Waals surface area contributed by atoms with Crippen molar-refractivity contribution in [2.24, 2.45) is 11.7 Å². The molecule has 7 heteroatoms. The maximum atomic E-state index is 11.9. The minimum absolute atomic E-state index is 0. The second kappa shape index (κ2) is 7.57. The number of nitrogens with one attached hydrogen (secondary N) is 1. The summed E-state index contributed by atoms with van der Waals surface area (Å²) in [4.78, 5) is 23.6. The number of aryl methyl sites for hydroxylation is 1. The van der Waals surface area contributed by atoms with Crippen LogP contribution in [0.3, 0.4) is 0 Å². The van der Waals surface area contributed by atoms with E-state index in [2.05, 4.69) is 10.4 Å². The molecule has 1 aromatic carbocycles. The van der Waals surface area contributed by atoms with E-state index < -0.39 is 0 Å². The Morgan fingerprint density at radius 3 is 2.87 bits per heavy atom. The van der Waals surface area contributed by atoms with Crippen molar-refractivity contribution in [3.63, 3.8) is 0 Å². The van der Waals surface area contributed by atoms with Crippen molar-refractivity contribution in [1.29, 1.82) is 0 Å². The summed E-state index contributed by atoms with van der Waals surface area (Å²) in [7, 11) is 0. The van der Waals surface area contributed by atoms with Gasteiger partial charge in [-0.25, -0.2) is 0 Å². The van der Waals surface area contributed by atoms with E-state index in [0.717, 1.165) is 5.52 Å². The summed E-state index contributed by atoms with van der Waals surface area (Å²) in [6, 6.07) is 7.35. The number of carbonyl (C=O) groups excluding carboxylic acids is 1. The van der Waals surface area contributed by atoms with Crippen LogP contribution < -0.4 is 16.5 Å². The Labute approximate surface area is 140 Å². The molecule has 1 atom stereocenters. The number of carbonyl (C=O) groups is 1. The van der Waals surface area contributed by atoms with E-state index in [0.29, 0.717) is 30.8 Å². The molecule has 1 amide bonds. The molecule has 0 saturated heterocycles. The number of para-hydroxylation sites is 1. The van der Waals surface area contributed by atoms with Gasteiger partial charge in [0.15, 0.2) is 0 Å². The van der Waals surface area contributed by atoms with Crippen molar-refractivity contribution in [3.05, 3.63) is 40.7 Å². The number of hydrogen-bond donors (Lipinski definition) is 2. The summed E-state index contributed by atoms with van der Waals surface area (Å²) < 4.78 is 1.69. The molecule has 0 bridgehead atoms. The molecular weight excluding hydrogens is 316 g/mol. The molecule has 1 unspecified atom stereocenters. The van der Waals surface area contributed by atoms with Crippen LogP contribution in [-0.2, 0) is 11.3 Å². The first kappa shape index (κ1) is 17.4. The molecule has 0 aliphatic heterocycles. The second-order valence-corrected chi connectivity index (χ2v) is 5.80. The van der Waals surface area contributed by atoms with E-state index in [1.807, 2.05) is 18.2 Å². The lowest BCUT2D eigenvalue weighted by Gasteiger charge is -2.12. The molecular formula is C16H21ClN4O2. The van der Waals surface area contributed by atoms with Crippen molar-refractivity contribution in [2.75, 3.05) is 6.54 Å². The van der Waals surface area contributed by atoms with Crippen LogP contribution in [0.25, 0.3) is 10.9 Å². The van der Waals surface area contributed by atoms with E-state index in [-0.39, 0.29) is 29.8 Å². The summed E-state index contributed by atoms with van der Waals surface area (Å²) in [6.07, 6.45) is 3.95. The Morgan fingerprint density at radius 1 is 1.39 bits per heavy atom. The molecule has 1 fully saturated rings. The largest absolute Gasteiger partial charge is 0.354 e. The van der Waals surface area contributed by atoms with Crippen LogP contribution in [0.4, 0.5) is 0 Å². The summed E-state index contributed by atoms with van der Waals surface area (Å²) >= 11 is 0. The van der Waals surface area contributed by atoms with Crippen LogP contribution >= 0.6 is 12.4 Å². The standard InChI is InChI=1S/C16H20N4O2.ClH/c17-13(11-5-6-11)9-18-16(22)7-8-20-14-4-2-1-3-12(14)15(21)10-19-20;/h1-4,10-11,13H,5-9,17H2,(H,18,22);1H. The third-order valence-corrected chi connectivity index (χ3v) is 4.08. The Balaban J connectivity index is 0.00000192. The highest BCUT2D eigenvalue weighted by Crippen LogP contribution is 2.31. The van der Waals surface area contributed by atoms with E-state index in [4.69, 9.17) is 5.73 Å². The van der Waals surface area contributed by atoms with Gasteiger partial charge >= 0.3 is 0 Å². The SMILES string of the molecule is Cl.NC(CNC(=O)CCn1ncc(=O)c2ccccc21)C1CC1. The van der Waals surface area contributed by atoms with Gasteiger partial charge in [-0.3, -0.25) is 14.3 Å². The van der Waals surface area contributed by atoms with Crippen molar-refractivity contribution in [3.8, 4) is 0 Å². The maximum absolute atomic E-state index is 11.9. The van der Waals surface area contributed by atoms with Crippen LogP contribution in [0, 0.1) is 5.92 Å². The molecule has 3 N–H and O–H groups in total. The number of halogens is 1. The van der Waals surface area contributed by atoms with Gasteiger partial charge in [0.25, 0.3) is 0 Å². The molecule has 0 spiro atoms. The van der Waals surface area contributed by atoms with Crippen molar-refractivity contribution in [2.45, 2.75) is 31.8 Å². The molecule has 124 valence electrons. The number of hydrogen-bond acceptors (Lipinski definition) is 4. The fourth-order valence-electron chi connectivity index (χ4n) is 2.56. The van der Waals surface area contributed by atoms with Gasteiger partial charge in [-0.05, 0) is 30.9 Å². The van der Waals surface area contributed by atoms with Gasteiger partial charge in [0, 0.05) is 24.4 Å². The molecule has 1 aliphatic rings. The first-order valence-electron chi connectivity index (χ1n) is 7.62. The number of aromatic nitrogens is 2. The van der Waals surface area contributed by atoms with Gasteiger partial charge in [-0.15, -0.1) is 12.4 Å². The molecule has 6 nitrogen and oxygen atoms in total. The fraction of sp³-hybridized carbons (Fsp3) is 0.438. The fourth-order valence-corrected chi connectivity index (χ4v) is 2.56. The lowest BCUT2D eigenvalue weighted by Crippen LogP contribution is -2.38. The summed E-state index contributed by atoms with van der Waals surface area (Å²) in [5.41, 5.74) is 6.60. The highest BCUT2D eigenvalue weighted by molar-refractivity contribution is 5.85. The monoisotopic (exact) mass is 336 g/mol. The lowest BCUT2D eigenvalue weighted by molar-refractivity contribution is -0.121. The first-order chi connectivity index (χ1) is 10.6. The molecule has 0 radical (unpaired) electrons. The van der Waals surface area contributed by atoms with Gasteiger partial charge in [0.2, 0.25) is 11.3 Å². The second-order valence-electron chi connectivity index (χ2n) is 5.80. The summed E-state index contributed by atoms with van der Waals surface area (Å²) in [5.74, 6) is 0.533. The maximum Gasteiger partial charge on any atom is 0.221 e. The third kappa shape index (κ3) is 4.30. The highest BCUT2D eigenvalue weighted by atomic mass is 35.5. The molecule has 3 rings (SSSR count). The number of amides is 1. The quantitative estimate of drug-likeness (QED) is 0.825. The highest BCUT2D eigenvalue weighted by Gasteiger charge is 2.28. The first-order valence-corrected chi connectivity index (χ1v) is 7.62. The Bertz CT molecular complexity index is 742. The molecule has 2 aromatic rings. The Morgan fingerprint density at radius 2 is 2.13 bits per heavy atom. The van der Waals surface area contributed by atoms with Gasteiger partial charge < -0.3 is 11.1 Å². The number of rotatable bonds is 6. The minimum Gasteiger partial charge on any atom is -0.354 e. The van der Waals surface area contributed by atoms with E-state index in [1.165, 1.54) is 19.0 Å². The average Bonchev–Trinajstić information content (AvgIpc) is 3.37. The number of nitrogens with zero attached hydrogens (tertiary/aromatic N) is 2. The normalized spacial score (nSPS) is 15.0. The summed E-state index contributed by atoms with van der Waals surface area (Å²) in [5, 5.41) is 7.60. The van der Waals surface area contributed by atoms with E-state index in [9.17, 15) is 9.59 Å². The zero-order valence-corrected chi connectivity index (χ0v) is 13.6. The van der Waals surface area contributed by atoms with Crippen LogP contribution in [0.2, 0.25) is 0 Å². The van der Waals surface area contributed by atoms with E-state index in [1.54, 1.807) is 10.7 Å². The number of benzene rings is 1. The zero-order valence-electron chi connectivity index (χ0n) is 12.8. The minimum atomic E-state index is -0.105. The van der Waals surface area contributed by atoms with Crippen LogP contribution in [0.5, 0.6) is 0 Å². The van der Waals surface area contributed by atoms with Gasteiger partial charge in [-0.2, -0.15) is 5.10 Å². The Kier molecular flexibility index (Phi) is 5.74. The van der Waals surface area contributed by atoms with Crippen molar-refractivity contribution < 1.29 is 4.79 Å². The predicted octanol–water partition coefficient (Wildman–Crippen LogP) is 1.06. The van der Waals surface area contributed by atoms with Gasteiger partial charge in [0.05, 0.1) is 18.3 Å². The third-order valence-electron chi connectivity index (χ3n) is 4.08. The van der Waals surface area contributed by atoms with Gasteiger partial charge in [-0.1, -0.05) is 12.1 Å². The van der Waals surface area contributed by atoms with Crippen LogP contribution in [0.1, 0.15) is 19.3 Å². The summed E-state index contributed by atoms with van der Waals surface area (Å²) in [6.45, 7) is 0.965. The topological polar surface area (TPSA) is 90.0 Å². The average molecular weight is 337 g/mol. The van der Waals surface area contributed by atoms with Crippen LogP contribution in [0.15, 0.2) is 35.3 Å². The zero-order chi connectivity index (χ0) is 15.5. The van der Waals surface area contributed by atoms with Crippen molar-refractivity contribution >= 4 is 29.2 Å². The Hall–Kier alpha value is -1.92. The smallest absolute Gasteiger partial charge is 0.221 e. The van der Waals surface area contributed by atoms with Crippen molar-refractivity contribution in [1.82, 2.24) is 15.1 Å². The predicted molar refractivity (Wildman–Crippen MR) is 91.6 cm³/mol. The molecule has 1 saturated carbocycles.